The Bertz CT molecular complexity index is 830. The van der Waals surface area contributed by atoms with Crippen LogP contribution in [0.4, 0.5) is 5.69 Å². The van der Waals surface area contributed by atoms with Crippen molar-refractivity contribution in [3.8, 4) is 11.8 Å². The molecule has 8 nitrogen and oxygen atoms in total. The lowest BCUT2D eigenvalue weighted by Crippen LogP contribution is -2.02. The number of nitriles is 1. The van der Waals surface area contributed by atoms with Crippen molar-refractivity contribution >= 4 is 22.9 Å². The van der Waals surface area contributed by atoms with E-state index in [1.54, 1.807) is 35.3 Å². The Balaban J connectivity index is 1.97. The van der Waals surface area contributed by atoms with Crippen molar-refractivity contribution in [1.82, 2.24) is 30.4 Å². The molecule has 0 saturated heterocycles. The van der Waals surface area contributed by atoms with Gasteiger partial charge in [0.1, 0.15) is 17.3 Å². The highest BCUT2D eigenvalue weighted by atomic mass is 35.5. The van der Waals surface area contributed by atoms with Gasteiger partial charge in [-0.25, -0.2) is 4.68 Å². The maximum absolute atomic E-state index is 9.16. The molecule has 0 unspecified atom stereocenters. The number of allylic oxidation sites excluding steroid dienone is 1. The number of rotatable bonds is 4. The van der Waals surface area contributed by atoms with E-state index in [0.29, 0.717) is 16.4 Å². The summed E-state index contributed by atoms with van der Waals surface area (Å²) in [6.07, 6.45) is 4.92. The number of nitrogens with zero attached hydrogens (tertiary/aromatic N) is 6. The zero-order valence-electron chi connectivity index (χ0n) is 11.1. The summed E-state index contributed by atoms with van der Waals surface area (Å²) in [5, 5.41) is 30.2. The largest absolute Gasteiger partial charge is 0.359 e. The fourth-order valence-electron chi connectivity index (χ4n) is 1.84. The molecule has 2 heterocycles. The second-order valence-corrected chi connectivity index (χ2v) is 4.54. The zero-order valence-corrected chi connectivity index (χ0v) is 11.9. The van der Waals surface area contributed by atoms with Crippen LogP contribution in [0, 0.1) is 11.3 Å². The highest BCUT2D eigenvalue weighted by Crippen LogP contribution is 2.28. The Labute approximate surface area is 130 Å². The summed E-state index contributed by atoms with van der Waals surface area (Å²) >= 11 is 6.24. The van der Waals surface area contributed by atoms with E-state index in [2.05, 4.69) is 31.0 Å². The molecule has 0 atom stereocenters. The van der Waals surface area contributed by atoms with Crippen molar-refractivity contribution < 1.29 is 0 Å². The van der Waals surface area contributed by atoms with Gasteiger partial charge in [-0.1, -0.05) is 17.7 Å². The first-order valence-corrected chi connectivity index (χ1v) is 6.56. The first kappa shape index (κ1) is 13.8. The number of tetrazole rings is 1. The predicted octanol–water partition coefficient (Wildman–Crippen LogP) is 2.02. The van der Waals surface area contributed by atoms with Gasteiger partial charge in [0.25, 0.3) is 0 Å². The minimum atomic E-state index is 0.206. The molecular weight excluding hydrogens is 304 g/mol. The summed E-state index contributed by atoms with van der Waals surface area (Å²) in [5.74, 6) is 0.206. The summed E-state index contributed by atoms with van der Waals surface area (Å²) in [5.41, 5.74) is 1.60. The van der Waals surface area contributed by atoms with Gasteiger partial charge < -0.3 is 5.32 Å². The van der Waals surface area contributed by atoms with Gasteiger partial charge in [0, 0.05) is 18.6 Å². The van der Waals surface area contributed by atoms with Crippen molar-refractivity contribution in [2.24, 2.45) is 0 Å². The van der Waals surface area contributed by atoms with E-state index in [1.165, 1.54) is 6.20 Å². The van der Waals surface area contributed by atoms with Crippen LogP contribution in [-0.4, -0.2) is 30.4 Å². The van der Waals surface area contributed by atoms with Gasteiger partial charge in [0.2, 0.25) is 5.82 Å². The molecule has 0 amide bonds. The topological polar surface area (TPSA) is 108 Å². The molecule has 0 aliphatic rings. The molecular formula is C13H9ClN8. The molecule has 2 aromatic heterocycles. The van der Waals surface area contributed by atoms with Crippen LogP contribution in [-0.2, 0) is 0 Å². The van der Waals surface area contributed by atoms with Gasteiger partial charge in [0.15, 0.2) is 0 Å². The number of para-hydroxylation sites is 1. The van der Waals surface area contributed by atoms with Gasteiger partial charge in [-0.05, 0) is 23.4 Å². The molecule has 1 aromatic carbocycles. The lowest BCUT2D eigenvalue weighted by Gasteiger charge is -2.11. The standard InChI is InChI=1S/C13H9ClN8/c14-10-3-1-4-11(12(10)22-6-2-5-17-22)16-8-9(7-15)13-18-20-21-19-13/h1-6,8,16H,(H,18,19,20,21). The van der Waals surface area contributed by atoms with Gasteiger partial charge in [0.05, 0.1) is 10.7 Å². The molecule has 0 radical (unpaired) electrons. The summed E-state index contributed by atoms with van der Waals surface area (Å²) in [4.78, 5) is 0. The SMILES string of the molecule is N#CC(=CNc1cccc(Cl)c1-n1cccn1)c1nn[nH]n1. The molecule has 0 aliphatic carbocycles. The Kier molecular flexibility index (Phi) is 3.80. The molecule has 0 aliphatic heterocycles. The van der Waals surface area contributed by atoms with Crippen LogP contribution in [0.5, 0.6) is 0 Å². The van der Waals surface area contributed by atoms with Gasteiger partial charge in [-0.3, -0.25) is 0 Å². The maximum Gasteiger partial charge on any atom is 0.216 e. The summed E-state index contributed by atoms with van der Waals surface area (Å²) in [7, 11) is 0. The third-order valence-corrected chi connectivity index (χ3v) is 3.10. The number of aromatic amines is 1. The van der Waals surface area contributed by atoms with Crippen LogP contribution in [0.15, 0.2) is 42.9 Å². The summed E-state index contributed by atoms with van der Waals surface area (Å²) in [6.45, 7) is 0. The van der Waals surface area contributed by atoms with Gasteiger partial charge in [-0.15, -0.1) is 10.2 Å². The number of benzene rings is 1. The van der Waals surface area contributed by atoms with Crippen LogP contribution >= 0.6 is 11.6 Å². The number of H-pyrrole nitrogens is 1. The number of anilines is 1. The molecule has 0 fully saturated rings. The van der Waals surface area contributed by atoms with Gasteiger partial charge >= 0.3 is 0 Å². The molecule has 9 heteroatoms. The predicted molar refractivity (Wildman–Crippen MR) is 80.0 cm³/mol. The van der Waals surface area contributed by atoms with Crippen molar-refractivity contribution in [2.45, 2.75) is 0 Å². The molecule has 2 N–H and O–H groups in total. The highest BCUT2D eigenvalue weighted by Gasteiger charge is 2.10. The first-order chi connectivity index (χ1) is 10.8. The lowest BCUT2D eigenvalue weighted by atomic mass is 10.2. The number of halogens is 1. The third kappa shape index (κ3) is 2.65. The maximum atomic E-state index is 9.16. The molecule has 0 spiro atoms. The Morgan fingerprint density at radius 1 is 1.41 bits per heavy atom. The molecule has 0 saturated carbocycles. The molecule has 108 valence electrons. The van der Waals surface area contributed by atoms with Crippen LogP contribution in [0.1, 0.15) is 5.82 Å². The van der Waals surface area contributed by atoms with E-state index in [1.807, 2.05) is 12.1 Å². The second kappa shape index (κ2) is 6.07. The summed E-state index contributed by atoms with van der Waals surface area (Å²) in [6, 6.07) is 9.18. The van der Waals surface area contributed by atoms with E-state index in [4.69, 9.17) is 16.9 Å². The van der Waals surface area contributed by atoms with Crippen LogP contribution in [0.25, 0.3) is 11.3 Å². The molecule has 3 aromatic rings. The average molecular weight is 313 g/mol. The van der Waals surface area contributed by atoms with E-state index >= 15 is 0 Å². The fraction of sp³-hybridized carbons (Fsp3) is 0. The zero-order chi connectivity index (χ0) is 15.4. The number of nitrogens with one attached hydrogen (secondary N) is 2. The second-order valence-electron chi connectivity index (χ2n) is 4.14. The minimum absolute atomic E-state index is 0.206. The normalized spacial score (nSPS) is 11.2. The van der Waals surface area contributed by atoms with Crippen molar-refractivity contribution in [1.29, 1.82) is 5.26 Å². The summed E-state index contributed by atoms with van der Waals surface area (Å²) < 4.78 is 1.64. The van der Waals surface area contributed by atoms with Crippen LogP contribution < -0.4 is 5.32 Å². The Morgan fingerprint density at radius 2 is 2.32 bits per heavy atom. The fourth-order valence-corrected chi connectivity index (χ4v) is 2.10. The molecule has 0 bridgehead atoms. The van der Waals surface area contributed by atoms with Gasteiger partial charge in [-0.2, -0.15) is 15.6 Å². The first-order valence-electron chi connectivity index (χ1n) is 6.19. The van der Waals surface area contributed by atoms with E-state index < -0.39 is 0 Å². The minimum Gasteiger partial charge on any atom is -0.359 e. The Morgan fingerprint density at radius 3 is 3.00 bits per heavy atom. The highest BCUT2D eigenvalue weighted by molar-refractivity contribution is 6.33. The number of hydrogen-bond acceptors (Lipinski definition) is 6. The van der Waals surface area contributed by atoms with E-state index in [0.717, 1.165) is 0 Å². The lowest BCUT2D eigenvalue weighted by molar-refractivity contribution is 0.881. The van der Waals surface area contributed by atoms with Crippen molar-refractivity contribution in [3.63, 3.8) is 0 Å². The molecule has 3 rings (SSSR count). The average Bonchev–Trinajstić information content (AvgIpc) is 3.21. The molecule has 22 heavy (non-hydrogen) atoms. The smallest absolute Gasteiger partial charge is 0.216 e. The van der Waals surface area contributed by atoms with Crippen LogP contribution in [0.2, 0.25) is 5.02 Å². The van der Waals surface area contributed by atoms with Crippen molar-refractivity contribution in [2.75, 3.05) is 5.32 Å². The van der Waals surface area contributed by atoms with E-state index in [-0.39, 0.29) is 11.4 Å². The number of aromatic nitrogens is 6. The Hall–Kier alpha value is -3.18. The number of hydrogen-bond donors (Lipinski definition) is 2. The van der Waals surface area contributed by atoms with E-state index in [9.17, 15) is 0 Å². The quantitative estimate of drug-likeness (QED) is 0.713. The monoisotopic (exact) mass is 312 g/mol. The van der Waals surface area contributed by atoms with Crippen LogP contribution in [0.3, 0.4) is 0 Å². The van der Waals surface area contributed by atoms with Crippen molar-refractivity contribution in [3.05, 3.63) is 53.7 Å². The third-order valence-electron chi connectivity index (χ3n) is 2.80.